The Kier molecular flexibility index (Phi) is 5.22. The molecule has 1 atom stereocenters. The molecule has 0 spiro atoms. The van der Waals surface area contributed by atoms with Crippen molar-refractivity contribution in [3.63, 3.8) is 0 Å². The van der Waals surface area contributed by atoms with E-state index in [4.69, 9.17) is 9.47 Å². The third-order valence-electron chi connectivity index (χ3n) is 4.47. The van der Waals surface area contributed by atoms with Crippen molar-refractivity contribution in [1.82, 2.24) is 0 Å². The lowest BCUT2D eigenvalue weighted by molar-refractivity contribution is -0.385. The molecule has 3 aromatic carbocycles. The van der Waals surface area contributed by atoms with Gasteiger partial charge in [0.2, 0.25) is 0 Å². The normalized spacial score (nSPS) is 14.8. The van der Waals surface area contributed by atoms with Crippen LogP contribution in [0.3, 0.4) is 0 Å². The minimum atomic E-state index is -0.568. The molecule has 0 aliphatic carbocycles. The van der Waals surface area contributed by atoms with Crippen LogP contribution in [0.5, 0.6) is 5.75 Å². The molecule has 0 saturated carbocycles. The van der Waals surface area contributed by atoms with E-state index < -0.39 is 10.8 Å². The molecular formula is C22H18N2O5. The Balaban J connectivity index is 1.72. The zero-order chi connectivity index (χ0) is 20.2. The number of nitro groups is 1. The summed E-state index contributed by atoms with van der Waals surface area (Å²) in [6.45, 7) is 0.951. The topological polar surface area (TPSA) is 85.2 Å². The molecule has 1 amide bonds. The summed E-state index contributed by atoms with van der Waals surface area (Å²) in [6, 6.07) is 22.3. The number of carbonyl (C=O) groups excluding carboxylic acids is 1. The maximum Gasteiger partial charge on any atom is 0.285 e. The van der Waals surface area contributed by atoms with Crippen LogP contribution >= 0.6 is 0 Å². The lowest BCUT2D eigenvalue weighted by Crippen LogP contribution is -2.26. The van der Waals surface area contributed by atoms with E-state index in [2.05, 4.69) is 0 Å². The summed E-state index contributed by atoms with van der Waals surface area (Å²) in [5.74, 6) is -0.166. The van der Waals surface area contributed by atoms with Crippen molar-refractivity contribution in [2.45, 2.75) is 6.10 Å². The quantitative estimate of drug-likeness (QED) is 0.340. The van der Waals surface area contributed by atoms with Crippen molar-refractivity contribution in [2.75, 3.05) is 18.1 Å². The molecule has 29 heavy (non-hydrogen) atoms. The van der Waals surface area contributed by atoms with Crippen LogP contribution in [0.4, 0.5) is 17.1 Å². The molecule has 7 heteroatoms. The second-order valence-electron chi connectivity index (χ2n) is 6.51. The highest BCUT2D eigenvalue weighted by molar-refractivity contribution is 6.13. The summed E-state index contributed by atoms with van der Waals surface area (Å²) in [5.41, 5.74) is 0.909. The van der Waals surface area contributed by atoms with Gasteiger partial charge in [-0.2, -0.15) is 0 Å². The standard InChI is InChI=1S/C22H18N2O5/c25-22(23(16-7-3-1-4-8-16)17-9-5-2-6-10-17)20-12-11-18(13-21(20)24(26)27)28-14-19-15-29-19/h1-13,19H,14-15H2. The number of epoxide rings is 1. The maximum absolute atomic E-state index is 13.4. The first-order valence-electron chi connectivity index (χ1n) is 9.11. The van der Waals surface area contributed by atoms with E-state index in [1.807, 2.05) is 36.4 Å². The first kappa shape index (κ1) is 18.6. The second-order valence-corrected chi connectivity index (χ2v) is 6.51. The third-order valence-corrected chi connectivity index (χ3v) is 4.47. The summed E-state index contributed by atoms with van der Waals surface area (Å²) in [4.78, 5) is 26.0. The molecule has 1 aliphatic rings. The lowest BCUT2D eigenvalue weighted by Gasteiger charge is -2.23. The second kappa shape index (κ2) is 8.12. The summed E-state index contributed by atoms with van der Waals surface area (Å²) in [7, 11) is 0. The molecular weight excluding hydrogens is 372 g/mol. The SMILES string of the molecule is O=C(c1ccc(OCC2CO2)cc1[N+](=O)[O-])N(c1ccccc1)c1ccccc1. The number of para-hydroxylation sites is 2. The molecule has 146 valence electrons. The Morgan fingerprint density at radius 3 is 2.14 bits per heavy atom. The van der Waals surface area contributed by atoms with Crippen LogP contribution in [-0.4, -0.2) is 30.1 Å². The maximum atomic E-state index is 13.4. The van der Waals surface area contributed by atoms with Gasteiger partial charge in [0.1, 0.15) is 24.0 Å². The van der Waals surface area contributed by atoms with E-state index in [9.17, 15) is 14.9 Å². The Hall–Kier alpha value is -3.71. The smallest absolute Gasteiger partial charge is 0.285 e. The van der Waals surface area contributed by atoms with E-state index in [-0.39, 0.29) is 17.4 Å². The van der Waals surface area contributed by atoms with Gasteiger partial charge in [-0.05, 0) is 36.4 Å². The van der Waals surface area contributed by atoms with Gasteiger partial charge in [-0.15, -0.1) is 0 Å². The zero-order valence-electron chi connectivity index (χ0n) is 15.4. The first-order chi connectivity index (χ1) is 14.1. The summed E-state index contributed by atoms with van der Waals surface area (Å²) < 4.78 is 10.6. The molecule has 1 heterocycles. The number of rotatable bonds is 7. The minimum Gasteiger partial charge on any atom is -0.491 e. The highest BCUT2D eigenvalue weighted by Crippen LogP contribution is 2.32. The number of hydrogen-bond acceptors (Lipinski definition) is 5. The summed E-state index contributed by atoms with van der Waals surface area (Å²) in [6.07, 6.45) is 0.0296. The van der Waals surface area contributed by atoms with Gasteiger partial charge in [-0.25, -0.2) is 0 Å². The molecule has 0 N–H and O–H groups in total. The first-order valence-corrected chi connectivity index (χ1v) is 9.11. The van der Waals surface area contributed by atoms with Crippen LogP contribution in [-0.2, 0) is 4.74 Å². The van der Waals surface area contributed by atoms with E-state index in [0.29, 0.717) is 30.3 Å². The monoisotopic (exact) mass is 390 g/mol. The number of carbonyl (C=O) groups is 1. The van der Waals surface area contributed by atoms with Crippen LogP contribution in [0, 0.1) is 10.1 Å². The predicted molar refractivity (Wildman–Crippen MR) is 108 cm³/mol. The van der Waals surface area contributed by atoms with Gasteiger partial charge in [0, 0.05) is 11.4 Å². The van der Waals surface area contributed by atoms with Crippen molar-refractivity contribution in [3.05, 3.63) is 94.5 Å². The molecule has 0 aromatic heterocycles. The molecule has 1 aliphatic heterocycles. The molecule has 7 nitrogen and oxygen atoms in total. The largest absolute Gasteiger partial charge is 0.491 e. The van der Waals surface area contributed by atoms with Gasteiger partial charge in [0.05, 0.1) is 17.6 Å². The predicted octanol–water partition coefficient (Wildman–Crippen LogP) is 4.35. The Morgan fingerprint density at radius 1 is 1.03 bits per heavy atom. The van der Waals surface area contributed by atoms with Gasteiger partial charge < -0.3 is 9.47 Å². The highest BCUT2D eigenvalue weighted by atomic mass is 16.6. The number of nitro benzene ring substituents is 1. The zero-order valence-corrected chi connectivity index (χ0v) is 15.4. The van der Waals surface area contributed by atoms with Gasteiger partial charge in [0.25, 0.3) is 11.6 Å². The lowest BCUT2D eigenvalue weighted by atomic mass is 10.1. The fourth-order valence-corrected chi connectivity index (χ4v) is 2.94. The van der Waals surface area contributed by atoms with Gasteiger partial charge in [0.15, 0.2) is 0 Å². The fraction of sp³-hybridized carbons (Fsp3) is 0.136. The van der Waals surface area contributed by atoms with Crippen LogP contribution in [0.25, 0.3) is 0 Å². The molecule has 1 fully saturated rings. The Morgan fingerprint density at radius 2 is 1.62 bits per heavy atom. The number of benzene rings is 3. The van der Waals surface area contributed by atoms with E-state index in [1.54, 1.807) is 30.3 Å². The highest BCUT2D eigenvalue weighted by Gasteiger charge is 2.28. The summed E-state index contributed by atoms with van der Waals surface area (Å²) >= 11 is 0. The Bertz CT molecular complexity index is 980. The van der Waals surface area contributed by atoms with Gasteiger partial charge in [-0.1, -0.05) is 36.4 Å². The number of anilines is 2. The van der Waals surface area contributed by atoms with E-state index in [1.165, 1.54) is 17.0 Å². The fourth-order valence-electron chi connectivity index (χ4n) is 2.94. The molecule has 4 rings (SSSR count). The molecule has 0 bridgehead atoms. The molecule has 1 saturated heterocycles. The van der Waals surface area contributed by atoms with Crippen molar-refractivity contribution in [1.29, 1.82) is 0 Å². The Labute approximate surface area is 167 Å². The van der Waals surface area contributed by atoms with Gasteiger partial charge in [-0.3, -0.25) is 19.8 Å². The van der Waals surface area contributed by atoms with Crippen LogP contribution in [0.15, 0.2) is 78.9 Å². The average molecular weight is 390 g/mol. The number of hydrogen-bond donors (Lipinski definition) is 0. The van der Waals surface area contributed by atoms with E-state index in [0.717, 1.165) is 0 Å². The number of nitrogens with zero attached hydrogens (tertiary/aromatic N) is 2. The number of amides is 1. The molecule has 3 aromatic rings. The summed E-state index contributed by atoms with van der Waals surface area (Å²) in [5, 5.41) is 11.7. The number of ether oxygens (including phenoxy) is 2. The van der Waals surface area contributed by atoms with Crippen molar-refractivity contribution < 1.29 is 19.2 Å². The van der Waals surface area contributed by atoms with Gasteiger partial charge >= 0.3 is 0 Å². The van der Waals surface area contributed by atoms with E-state index >= 15 is 0 Å². The minimum absolute atomic E-state index is 0.0160. The van der Waals surface area contributed by atoms with Crippen molar-refractivity contribution >= 4 is 23.0 Å². The van der Waals surface area contributed by atoms with Crippen molar-refractivity contribution in [3.8, 4) is 5.75 Å². The van der Waals surface area contributed by atoms with Crippen LogP contribution in [0.2, 0.25) is 0 Å². The molecule has 0 radical (unpaired) electrons. The average Bonchev–Trinajstić information content (AvgIpc) is 3.58. The van der Waals surface area contributed by atoms with Crippen LogP contribution in [0.1, 0.15) is 10.4 Å². The third kappa shape index (κ3) is 4.25. The van der Waals surface area contributed by atoms with Crippen molar-refractivity contribution in [2.24, 2.45) is 0 Å². The molecule has 1 unspecified atom stereocenters. The van der Waals surface area contributed by atoms with Crippen LogP contribution < -0.4 is 9.64 Å².